The second-order valence-electron chi connectivity index (χ2n) is 6.87. The first kappa shape index (κ1) is 18.0. The number of halogens is 1. The van der Waals surface area contributed by atoms with Crippen molar-refractivity contribution < 1.29 is 4.39 Å². The third kappa shape index (κ3) is 3.43. The van der Waals surface area contributed by atoms with E-state index in [-0.39, 0.29) is 11.4 Å². The molecule has 0 aliphatic carbocycles. The molecule has 0 amide bonds. The van der Waals surface area contributed by atoms with Gasteiger partial charge in [-0.1, -0.05) is 18.2 Å². The van der Waals surface area contributed by atoms with Crippen molar-refractivity contribution in [1.82, 2.24) is 9.55 Å². The number of aromatic amines is 1. The van der Waals surface area contributed by atoms with Crippen molar-refractivity contribution in [3.05, 3.63) is 86.8 Å². The number of H-pyrrole nitrogens is 1. The number of nitrogens with zero attached hydrogens (tertiary/aromatic N) is 3. The predicted octanol–water partition coefficient (Wildman–Crippen LogP) is 2.30. The summed E-state index contributed by atoms with van der Waals surface area (Å²) in [6, 6.07) is 15.2. The molecule has 0 spiro atoms. The Balaban J connectivity index is 1.55. The highest BCUT2D eigenvalue weighted by atomic mass is 19.1. The van der Waals surface area contributed by atoms with Crippen molar-refractivity contribution in [1.29, 1.82) is 0 Å². The molecule has 7 heteroatoms. The van der Waals surface area contributed by atoms with E-state index in [2.05, 4.69) is 9.88 Å². The molecule has 144 valence electrons. The molecular weight excluding hydrogens is 359 g/mol. The van der Waals surface area contributed by atoms with Gasteiger partial charge in [0.15, 0.2) is 0 Å². The number of anilines is 2. The van der Waals surface area contributed by atoms with Crippen LogP contribution in [0.3, 0.4) is 0 Å². The molecule has 0 unspecified atom stereocenters. The molecule has 1 aliphatic rings. The summed E-state index contributed by atoms with van der Waals surface area (Å²) in [5.74, 6) is 0.271. The van der Waals surface area contributed by atoms with Crippen LogP contribution in [0, 0.1) is 12.7 Å². The minimum absolute atomic E-state index is 0.255. The quantitative estimate of drug-likeness (QED) is 0.758. The Morgan fingerprint density at radius 3 is 2.18 bits per heavy atom. The van der Waals surface area contributed by atoms with E-state index < -0.39 is 5.69 Å². The van der Waals surface area contributed by atoms with Crippen LogP contribution in [0.2, 0.25) is 0 Å². The van der Waals surface area contributed by atoms with Crippen LogP contribution in [0.15, 0.2) is 64.2 Å². The summed E-state index contributed by atoms with van der Waals surface area (Å²) >= 11 is 0. The molecular formula is C21H21FN4O2. The lowest BCUT2D eigenvalue weighted by atomic mass is 10.2. The summed E-state index contributed by atoms with van der Waals surface area (Å²) in [5, 5.41) is 0. The van der Waals surface area contributed by atoms with E-state index in [1.165, 1.54) is 18.2 Å². The Kier molecular flexibility index (Phi) is 4.73. The van der Waals surface area contributed by atoms with E-state index in [0.717, 1.165) is 15.8 Å². The highest BCUT2D eigenvalue weighted by molar-refractivity contribution is 5.49. The first-order chi connectivity index (χ1) is 13.5. The Bertz CT molecular complexity index is 1070. The molecule has 0 radical (unpaired) electrons. The predicted molar refractivity (Wildman–Crippen MR) is 108 cm³/mol. The number of hydrogen-bond donors (Lipinski definition) is 1. The van der Waals surface area contributed by atoms with Gasteiger partial charge in [0.2, 0.25) is 0 Å². The molecule has 4 rings (SSSR count). The van der Waals surface area contributed by atoms with Crippen molar-refractivity contribution in [2.75, 3.05) is 36.0 Å². The van der Waals surface area contributed by atoms with E-state index in [0.29, 0.717) is 37.7 Å². The van der Waals surface area contributed by atoms with Gasteiger partial charge in [-0.05, 0) is 42.8 Å². The van der Waals surface area contributed by atoms with E-state index in [1.54, 1.807) is 24.3 Å². The lowest BCUT2D eigenvalue weighted by Gasteiger charge is -2.37. The number of rotatable bonds is 3. The molecule has 1 aromatic heterocycles. The number of aromatic nitrogens is 2. The summed E-state index contributed by atoms with van der Waals surface area (Å²) in [7, 11) is 0. The van der Waals surface area contributed by atoms with Crippen LogP contribution in [0.4, 0.5) is 15.9 Å². The van der Waals surface area contributed by atoms with Crippen molar-refractivity contribution >= 4 is 11.5 Å². The second-order valence-corrected chi connectivity index (χ2v) is 6.87. The number of hydrogen-bond acceptors (Lipinski definition) is 4. The van der Waals surface area contributed by atoms with Gasteiger partial charge >= 0.3 is 5.69 Å². The van der Waals surface area contributed by atoms with Crippen molar-refractivity contribution in [3.63, 3.8) is 0 Å². The summed E-state index contributed by atoms with van der Waals surface area (Å²) in [6.07, 6.45) is 0. The maximum absolute atomic E-state index is 13.1. The summed E-state index contributed by atoms with van der Waals surface area (Å²) in [5.41, 5.74) is 1.61. The highest BCUT2D eigenvalue weighted by Gasteiger charge is 2.19. The Hall–Kier alpha value is -3.35. The molecule has 2 aromatic carbocycles. The first-order valence-electron chi connectivity index (χ1n) is 9.21. The number of benzene rings is 2. The molecule has 1 saturated heterocycles. The minimum Gasteiger partial charge on any atom is -0.368 e. The molecule has 1 aliphatic heterocycles. The van der Waals surface area contributed by atoms with E-state index >= 15 is 0 Å². The molecule has 3 aromatic rings. The van der Waals surface area contributed by atoms with Crippen LogP contribution >= 0.6 is 0 Å². The van der Waals surface area contributed by atoms with Crippen LogP contribution in [-0.4, -0.2) is 35.7 Å². The number of aryl methyl sites for hydroxylation is 1. The topological polar surface area (TPSA) is 61.3 Å². The standard InChI is InChI=1S/C21H21FN4O2/c1-15-4-2-3-5-18(15)26-20(27)14-19(23-21(26)28)25-12-10-24(11-13-25)17-8-6-16(22)7-9-17/h2-9,14H,10-13H2,1H3,(H,23,28). The van der Waals surface area contributed by atoms with Gasteiger partial charge in [-0.15, -0.1) is 0 Å². The van der Waals surface area contributed by atoms with Crippen LogP contribution in [0.25, 0.3) is 5.69 Å². The molecule has 0 atom stereocenters. The molecule has 28 heavy (non-hydrogen) atoms. The fourth-order valence-corrected chi connectivity index (χ4v) is 3.55. The monoisotopic (exact) mass is 380 g/mol. The molecule has 1 fully saturated rings. The van der Waals surface area contributed by atoms with Gasteiger partial charge in [0.25, 0.3) is 5.56 Å². The van der Waals surface area contributed by atoms with Crippen molar-refractivity contribution in [2.45, 2.75) is 6.92 Å². The van der Waals surface area contributed by atoms with Crippen LogP contribution < -0.4 is 21.0 Å². The minimum atomic E-state index is -0.447. The second kappa shape index (κ2) is 7.34. The first-order valence-corrected chi connectivity index (χ1v) is 9.21. The molecule has 0 bridgehead atoms. The van der Waals surface area contributed by atoms with E-state index in [1.807, 2.05) is 24.0 Å². The van der Waals surface area contributed by atoms with E-state index in [4.69, 9.17) is 0 Å². The Labute approximate surface area is 161 Å². The summed E-state index contributed by atoms with van der Waals surface area (Å²) < 4.78 is 14.3. The number of nitrogens with one attached hydrogen (secondary N) is 1. The van der Waals surface area contributed by atoms with Gasteiger partial charge in [0.05, 0.1) is 5.69 Å². The fraction of sp³-hybridized carbons (Fsp3) is 0.238. The maximum Gasteiger partial charge on any atom is 0.334 e. The van der Waals surface area contributed by atoms with Gasteiger partial charge in [0, 0.05) is 37.9 Å². The average molecular weight is 380 g/mol. The zero-order valence-corrected chi connectivity index (χ0v) is 15.6. The summed E-state index contributed by atoms with van der Waals surface area (Å²) in [4.78, 5) is 32.2. The summed E-state index contributed by atoms with van der Waals surface area (Å²) in [6.45, 7) is 4.61. The van der Waals surface area contributed by atoms with Crippen molar-refractivity contribution in [3.8, 4) is 5.69 Å². The number of piperazine rings is 1. The van der Waals surface area contributed by atoms with Crippen LogP contribution in [0.1, 0.15) is 5.56 Å². The smallest absolute Gasteiger partial charge is 0.334 e. The van der Waals surface area contributed by atoms with Gasteiger partial charge in [-0.3, -0.25) is 9.78 Å². The molecule has 0 saturated carbocycles. The van der Waals surface area contributed by atoms with Gasteiger partial charge < -0.3 is 9.80 Å². The van der Waals surface area contributed by atoms with E-state index in [9.17, 15) is 14.0 Å². The lowest BCUT2D eigenvalue weighted by molar-refractivity contribution is 0.623. The molecule has 2 heterocycles. The molecule has 6 nitrogen and oxygen atoms in total. The van der Waals surface area contributed by atoms with Crippen molar-refractivity contribution in [2.24, 2.45) is 0 Å². The van der Waals surface area contributed by atoms with Crippen LogP contribution in [0.5, 0.6) is 0 Å². The highest BCUT2D eigenvalue weighted by Crippen LogP contribution is 2.19. The number of para-hydroxylation sites is 1. The Morgan fingerprint density at radius 2 is 1.54 bits per heavy atom. The lowest BCUT2D eigenvalue weighted by Crippen LogP contribution is -2.48. The fourth-order valence-electron chi connectivity index (χ4n) is 3.55. The van der Waals surface area contributed by atoms with Crippen LogP contribution in [-0.2, 0) is 0 Å². The third-order valence-electron chi connectivity index (χ3n) is 5.09. The average Bonchev–Trinajstić information content (AvgIpc) is 2.69. The van der Waals surface area contributed by atoms with Gasteiger partial charge in [0.1, 0.15) is 11.6 Å². The Morgan fingerprint density at radius 1 is 0.893 bits per heavy atom. The van der Waals surface area contributed by atoms with Gasteiger partial charge in [-0.2, -0.15) is 0 Å². The normalized spacial score (nSPS) is 14.4. The largest absolute Gasteiger partial charge is 0.368 e. The zero-order chi connectivity index (χ0) is 19.7. The molecule has 1 N–H and O–H groups in total. The SMILES string of the molecule is Cc1ccccc1-n1c(=O)cc(N2CCN(c3ccc(F)cc3)CC2)[nH]c1=O. The third-order valence-corrected chi connectivity index (χ3v) is 5.09. The van der Waals surface area contributed by atoms with Gasteiger partial charge in [-0.25, -0.2) is 13.8 Å². The maximum atomic E-state index is 13.1. The zero-order valence-electron chi connectivity index (χ0n) is 15.6.